The van der Waals surface area contributed by atoms with Crippen LogP contribution in [-0.4, -0.2) is 9.97 Å². The van der Waals surface area contributed by atoms with Gasteiger partial charge in [0.2, 0.25) is 0 Å². The van der Waals surface area contributed by atoms with E-state index in [0.29, 0.717) is 5.82 Å². The van der Waals surface area contributed by atoms with E-state index >= 15 is 0 Å². The van der Waals surface area contributed by atoms with Crippen molar-refractivity contribution in [1.82, 2.24) is 9.97 Å². The van der Waals surface area contributed by atoms with Gasteiger partial charge in [-0.25, -0.2) is 9.97 Å². The highest BCUT2D eigenvalue weighted by Crippen LogP contribution is 2.42. The van der Waals surface area contributed by atoms with E-state index in [-0.39, 0.29) is 0 Å². The van der Waals surface area contributed by atoms with Gasteiger partial charge in [-0.1, -0.05) is 164 Å². The average Bonchev–Trinajstić information content (AvgIpc) is 3.94. The number of aromatic nitrogens is 2. The SMILES string of the molecule is c1ccc(-c2nc(-c3ccc(-c4cc5ccccc5c5ccccc45)cc3)cc(-c3cc(-c4ccc5oc6ccccc6c5c4)ccc3-c3ccc4oc5ccccc5c4c3)n2)cc1. The smallest absolute Gasteiger partial charge is 0.160 e. The molecule has 64 heavy (non-hydrogen) atoms. The molecule has 0 aliphatic carbocycles. The molecule has 0 fully saturated rings. The van der Waals surface area contributed by atoms with Crippen molar-refractivity contribution in [2.24, 2.45) is 0 Å². The van der Waals surface area contributed by atoms with Crippen molar-refractivity contribution in [2.75, 3.05) is 0 Å². The first-order valence-corrected chi connectivity index (χ1v) is 21.6. The first kappa shape index (κ1) is 36.1. The fraction of sp³-hybridized carbons (Fsp3) is 0. The second-order valence-corrected chi connectivity index (χ2v) is 16.5. The Morgan fingerprint density at radius 1 is 0.250 bits per heavy atom. The summed E-state index contributed by atoms with van der Waals surface area (Å²) < 4.78 is 12.5. The van der Waals surface area contributed by atoms with E-state index in [1.165, 1.54) is 27.1 Å². The monoisotopic (exact) mass is 816 g/mol. The van der Waals surface area contributed by atoms with Crippen LogP contribution in [-0.2, 0) is 0 Å². The number of nitrogens with zero attached hydrogens (tertiary/aromatic N) is 2. The molecule has 0 N–H and O–H groups in total. The Morgan fingerprint density at radius 2 is 0.766 bits per heavy atom. The second kappa shape index (κ2) is 14.5. The van der Waals surface area contributed by atoms with Crippen molar-refractivity contribution in [1.29, 1.82) is 0 Å². The van der Waals surface area contributed by atoms with Gasteiger partial charge in [0, 0.05) is 38.2 Å². The van der Waals surface area contributed by atoms with Crippen molar-refractivity contribution in [2.45, 2.75) is 0 Å². The molecule has 0 spiro atoms. The Balaban J connectivity index is 1.00. The Morgan fingerprint density at radius 3 is 1.50 bits per heavy atom. The molecule has 0 unspecified atom stereocenters. The highest BCUT2D eigenvalue weighted by Gasteiger charge is 2.19. The van der Waals surface area contributed by atoms with Crippen LogP contribution < -0.4 is 0 Å². The zero-order chi connectivity index (χ0) is 42.1. The molecule has 0 aliphatic heterocycles. The normalized spacial score (nSPS) is 11.8. The fourth-order valence-corrected chi connectivity index (χ4v) is 9.55. The van der Waals surface area contributed by atoms with E-state index in [1.807, 2.05) is 42.5 Å². The topological polar surface area (TPSA) is 52.1 Å². The molecule has 13 aromatic rings. The minimum atomic E-state index is 0.664. The molecule has 298 valence electrons. The van der Waals surface area contributed by atoms with Gasteiger partial charge in [0.1, 0.15) is 22.3 Å². The highest BCUT2D eigenvalue weighted by atomic mass is 16.3. The third kappa shape index (κ3) is 5.99. The summed E-state index contributed by atoms with van der Waals surface area (Å²) >= 11 is 0. The molecule has 3 heterocycles. The van der Waals surface area contributed by atoms with E-state index in [0.717, 1.165) is 99.8 Å². The summed E-state index contributed by atoms with van der Waals surface area (Å²) in [5.74, 6) is 0.664. The summed E-state index contributed by atoms with van der Waals surface area (Å²) in [5.41, 5.74) is 14.8. The minimum absolute atomic E-state index is 0.664. The van der Waals surface area contributed by atoms with Crippen LogP contribution in [0.4, 0.5) is 0 Å². The maximum absolute atomic E-state index is 6.27. The van der Waals surface area contributed by atoms with Crippen molar-refractivity contribution in [3.8, 4) is 67.3 Å². The van der Waals surface area contributed by atoms with Gasteiger partial charge >= 0.3 is 0 Å². The van der Waals surface area contributed by atoms with Crippen molar-refractivity contribution < 1.29 is 8.83 Å². The predicted octanol–water partition coefficient (Wildman–Crippen LogP) is 16.6. The molecule has 0 saturated carbocycles. The summed E-state index contributed by atoms with van der Waals surface area (Å²) in [5, 5.41) is 9.34. The van der Waals surface area contributed by atoms with Gasteiger partial charge in [0.25, 0.3) is 0 Å². The van der Waals surface area contributed by atoms with E-state index < -0.39 is 0 Å². The number of furan rings is 2. The number of para-hydroxylation sites is 2. The lowest BCUT2D eigenvalue weighted by Crippen LogP contribution is -1.97. The average molecular weight is 817 g/mol. The maximum atomic E-state index is 6.27. The van der Waals surface area contributed by atoms with Crippen LogP contribution in [0.5, 0.6) is 0 Å². The molecule has 0 bridgehead atoms. The third-order valence-corrected chi connectivity index (χ3v) is 12.7. The lowest BCUT2D eigenvalue weighted by atomic mass is 9.91. The van der Waals surface area contributed by atoms with Gasteiger partial charge in [0.05, 0.1) is 11.4 Å². The first-order valence-electron chi connectivity index (χ1n) is 21.6. The van der Waals surface area contributed by atoms with Crippen LogP contribution in [0.2, 0.25) is 0 Å². The molecule has 13 rings (SSSR count). The summed E-state index contributed by atoms with van der Waals surface area (Å²) in [4.78, 5) is 10.7. The standard InChI is InChI=1S/C60H36N2O2/c1-2-12-39(13-3-1)60-61-54(38-24-22-37(23-25-38)50-34-42-14-4-5-15-44(42)46-16-6-7-17-47(46)50)36-55(62-60)51-32-40(41-27-30-58-52(33-41)48-18-8-10-20-56(48)63-58)26-29-45(51)43-28-31-59-53(35-43)49-19-9-11-21-57(49)64-59/h1-36H. The Bertz CT molecular complexity index is 3950. The largest absolute Gasteiger partial charge is 0.456 e. The Hall–Kier alpha value is -8.60. The van der Waals surface area contributed by atoms with Crippen molar-refractivity contribution >= 4 is 65.4 Å². The van der Waals surface area contributed by atoms with Gasteiger partial charge in [-0.3, -0.25) is 0 Å². The van der Waals surface area contributed by atoms with Crippen molar-refractivity contribution in [3.05, 3.63) is 218 Å². The van der Waals surface area contributed by atoms with E-state index in [2.05, 4.69) is 176 Å². The molecule has 0 atom stereocenters. The van der Waals surface area contributed by atoms with Gasteiger partial charge in [-0.2, -0.15) is 0 Å². The molecular weight excluding hydrogens is 781 g/mol. The van der Waals surface area contributed by atoms with Gasteiger partial charge in [-0.15, -0.1) is 0 Å². The number of benzene rings is 10. The van der Waals surface area contributed by atoms with Crippen LogP contribution in [0, 0.1) is 0 Å². The molecule has 0 saturated heterocycles. The first-order chi connectivity index (χ1) is 31.7. The molecule has 0 amide bonds. The zero-order valence-corrected chi connectivity index (χ0v) is 34.5. The molecule has 0 aliphatic rings. The minimum Gasteiger partial charge on any atom is -0.456 e. The maximum Gasteiger partial charge on any atom is 0.160 e. The zero-order valence-electron chi connectivity index (χ0n) is 34.5. The number of rotatable bonds is 6. The summed E-state index contributed by atoms with van der Waals surface area (Å²) in [6.45, 7) is 0. The predicted molar refractivity (Wildman–Crippen MR) is 264 cm³/mol. The summed E-state index contributed by atoms with van der Waals surface area (Å²) in [6, 6.07) is 77.0. The molecule has 0 radical (unpaired) electrons. The molecule has 4 heteroatoms. The van der Waals surface area contributed by atoms with Gasteiger partial charge in [0.15, 0.2) is 5.82 Å². The second-order valence-electron chi connectivity index (χ2n) is 16.5. The fourth-order valence-electron chi connectivity index (χ4n) is 9.55. The number of hydrogen-bond donors (Lipinski definition) is 0. The van der Waals surface area contributed by atoms with E-state index in [9.17, 15) is 0 Å². The van der Waals surface area contributed by atoms with Gasteiger partial charge < -0.3 is 8.83 Å². The van der Waals surface area contributed by atoms with Crippen molar-refractivity contribution in [3.63, 3.8) is 0 Å². The molecular formula is C60H36N2O2. The van der Waals surface area contributed by atoms with Crippen LogP contribution in [0.25, 0.3) is 133 Å². The quantitative estimate of drug-likeness (QED) is 0.157. The van der Waals surface area contributed by atoms with E-state index in [1.54, 1.807) is 0 Å². The van der Waals surface area contributed by atoms with Crippen LogP contribution >= 0.6 is 0 Å². The van der Waals surface area contributed by atoms with Crippen LogP contribution in [0.15, 0.2) is 227 Å². The highest BCUT2D eigenvalue weighted by molar-refractivity contribution is 6.14. The van der Waals surface area contributed by atoms with Gasteiger partial charge in [-0.05, 0) is 110 Å². The summed E-state index contributed by atoms with van der Waals surface area (Å²) in [6.07, 6.45) is 0. The number of hydrogen-bond acceptors (Lipinski definition) is 4. The lowest BCUT2D eigenvalue weighted by molar-refractivity contribution is 0.668. The number of fused-ring (bicyclic) bond motifs is 9. The Kier molecular flexibility index (Phi) is 8.18. The third-order valence-electron chi connectivity index (χ3n) is 12.7. The van der Waals surface area contributed by atoms with Crippen LogP contribution in [0.3, 0.4) is 0 Å². The molecule has 10 aromatic carbocycles. The summed E-state index contributed by atoms with van der Waals surface area (Å²) in [7, 11) is 0. The molecule has 3 aromatic heterocycles. The lowest BCUT2D eigenvalue weighted by Gasteiger charge is -2.15. The Labute approximate surface area is 368 Å². The molecule has 4 nitrogen and oxygen atoms in total. The van der Waals surface area contributed by atoms with Crippen LogP contribution in [0.1, 0.15) is 0 Å². The van der Waals surface area contributed by atoms with E-state index in [4.69, 9.17) is 18.8 Å².